The molecule has 1 aromatic heterocycles. The fourth-order valence-corrected chi connectivity index (χ4v) is 4.99. The normalized spacial score (nSPS) is 17.5. The van der Waals surface area contributed by atoms with Crippen LogP contribution in [0.4, 0.5) is 14.9 Å². The summed E-state index contributed by atoms with van der Waals surface area (Å²) >= 11 is 0.820. The molecule has 2 aliphatic heterocycles. The molecule has 2 fully saturated rings. The lowest BCUT2D eigenvalue weighted by atomic mass is 10.1. The molecule has 2 aromatic carbocycles. The van der Waals surface area contributed by atoms with E-state index in [0.29, 0.717) is 31.9 Å². The number of rotatable bonds is 5. The van der Waals surface area contributed by atoms with Crippen molar-refractivity contribution in [2.45, 2.75) is 0 Å². The first-order valence-electron chi connectivity index (χ1n) is 11.3. The number of H-pyrrole nitrogens is 1. The third-order valence-corrected chi connectivity index (χ3v) is 6.98. The number of anilines is 1. The molecule has 3 amide bonds. The number of thioether (sulfide) groups is 1. The van der Waals surface area contributed by atoms with Gasteiger partial charge in [0, 0.05) is 43.3 Å². The Morgan fingerprint density at radius 2 is 1.66 bits per heavy atom. The van der Waals surface area contributed by atoms with Gasteiger partial charge in [0.15, 0.2) is 0 Å². The number of nitrogens with one attached hydrogen (secondary N) is 1. The summed E-state index contributed by atoms with van der Waals surface area (Å²) in [5.41, 5.74) is 3.32. The highest BCUT2D eigenvalue weighted by Gasteiger charge is 2.37. The van der Waals surface area contributed by atoms with E-state index in [1.54, 1.807) is 29.2 Å². The zero-order chi connectivity index (χ0) is 24.4. The van der Waals surface area contributed by atoms with Crippen molar-refractivity contribution in [1.82, 2.24) is 14.8 Å². The predicted molar refractivity (Wildman–Crippen MR) is 134 cm³/mol. The maximum atomic E-state index is 13.2. The first-order valence-corrected chi connectivity index (χ1v) is 12.1. The summed E-state index contributed by atoms with van der Waals surface area (Å²) in [5, 5.41) is -0.456. The number of carbonyl (C=O) groups excluding carboxylic acids is 3. The molecule has 35 heavy (non-hydrogen) atoms. The van der Waals surface area contributed by atoms with Crippen LogP contribution in [0, 0.1) is 5.82 Å². The fourth-order valence-electron chi connectivity index (χ4n) is 4.16. The van der Waals surface area contributed by atoms with Crippen LogP contribution < -0.4 is 4.90 Å². The summed E-state index contributed by atoms with van der Waals surface area (Å²) in [6.45, 7) is 2.20. The van der Waals surface area contributed by atoms with E-state index in [1.165, 1.54) is 12.1 Å². The van der Waals surface area contributed by atoms with Crippen LogP contribution in [0.1, 0.15) is 5.69 Å². The van der Waals surface area contributed by atoms with Gasteiger partial charge in [0.25, 0.3) is 11.1 Å². The molecule has 0 spiro atoms. The Kier molecular flexibility index (Phi) is 6.41. The zero-order valence-corrected chi connectivity index (χ0v) is 19.6. The number of halogens is 1. The number of para-hydroxylation sites is 1. The second kappa shape index (κ2) is 9.79. The summed E-state index contributed by atoms with van der Waals surface area (Å²) < 4.78 is 13.2. The van der Waals surface area contributed by atoms with Crippen LogP contribution >= 0.6 is 11.8 Å². The maximum Gasteiger partial charge on any atom is 0.294 e. The average Bonchev–Trinajstić information content (AvgIpc) is 3.45. The van der Waals surface area contributed by atoms with Gasteiger partial charge in [-0.15, -0.1) is 0 Å². The number of aromatic nitrogens is 1. The van der Waals surface area contributed by atoms with E-state index in [9.17, 15) is 18.8 Å². The Labute approximate surface area is 206 Å². The molecule has 0 radical (unpaired) electrons. The first kappa shape index (κ1) is 22.9. The lowest BCUT2D eigenvalue weighted by Gasteiger charge is -2.36. The standard InChI is InChI=1S/C26H23FN4O3S/c27-19-8-6-18(7-9-19)22-11-10-20(28-22)16-23-25(33)31(26(34)35-23)17-24(32)30-14-12-29(13-15-30)21-4-2-1-3-5-21/h1-11,16,28H,12-15,17H2/b23-16-. The third kappa shape index (κ3) is 5.00. The van der Waals surface area contributed by atoms with Crippen molar-refractivity contribution in [3.63, 3.8) is 0 Å². The van der Waals surface area contributed by atoms with E-state index in [2.05, 4.69) is 9.88 Å². The van der Waals surface area contributed by atoms with Crippen molar-refractivity contribution in [2.24, 2.45) is 0 Å². The van der Waals surface area contributed by atoms with E-state index in [4.69, 9.17) is 0 Å². The molecule has 7 nitrogen and oxygen atoms in total. The summed E-state index contributed by atoms with van der Waals surface area (Å²) in [6.07, 6.45) is 1.60. The van der Waals surface area contributed by atoms with E-state index >= 15 is 0 Å². The summed E-state index contributed by atoms with van der Waals surface area (Å²) in [5.74, 6) is -1.03. The van der Waals surface area contributed by atoms with Crippen molar-refractivity contribution >= 4 is 40.6 Å². The molecule has 0 bridgehead atoms. The molecule has 0 saturated carbocycles. The lowest BCUT2D eigenvalue weighted by molar-refractivity contribution is -0.136. The zero-order valence-electron chi connectivity index (χ0n) is 18.8. The maximum absolute atomic E-state index is 13.2. The van der Waals surface area contributed by atoms with E-state index < -0.39 is 11.1 Å². The summed E-state index contributed by atoms with van der Waals surface area (Å²) in [6, 6.07) is 19.7. The van der Waals surface area contributed by atoms with Gasteiger partial charge in [-0.2, -0.15) is 0 Å². The molecule has 3 aromatic rings. The monoisotopic (exact) mass is 490 g/mol. The third-order valence-electron chi connectivity index (χ3n) is 6.07. The number of imide groups is 1. The van der Waals surface area contributed by atoms with Gasteiger partial charge in [0.05, 0.1) is 4.91 Å². The van der Waals surface area contributed by atoms with Crippen LogP contribution in [0.15, 0.2) is 71.6 Å². The molecule has 178 valence electrons. The number of carbonyl (C=O) groups is 3. The van der Waals surface area contributed by atoms with Gasteiger partial charge in [-0.25, -0.2) is 4.39 Å². The molecule has 0 unspecified atom stereocenters. The second-order valence-corrected chi connectivity index (χ2v) is 9.30. The Bertz CT molecular complexity index is 1280. The van der Waals surface area contributed by atoms with E-state index in [1.807, 2.05) is 36.4 Å². The van der Waals surface area contributed by atoms with Gasteiger partial charge in [-0.3, -0.25) is 19.3 Å². The molecule has 9 heteroatoms. The van der Waals surface area contributed by atoms with Gasteiger partial charge in [-0.05, 0) is 71.9 Å². The van der Waals surface area contributed by atoms with E-state index in [-0.39, 0.29) is 23.2 Å². The first-order chi connectivity index (χ1) is 17.0. The van der Waals surface area contributed by atoms with Gasteiger partial charge >= 0.3 is 0 Å². The van der Waals surface area contributed by atoms with Gasteiger partial charge in [0.2, 0.25) is 5.91 Å². The number of aromatic amines is 1. The van der Waals surface area contributed by atoms with Crippen molar-refractivity contribution in [3.05, 3.63) is 83.1 Å². The highest BCUT2D eigenvalue weighted by Crippen LogP contribution is 2.32. The highest BCUT2D eigenvalue weighted by atomic mass is 32.2. The molecular formula is C26H23FN4O3S. The Morgan fingerprint density at radius 1 is 0.943 bits per heavy atom. The number of amides is 3. The minimum atomic E-state index is -0.478. The minimum Gasteiger partial charge on any atom is -0.368 e. The molecular weight excluding hydrogens is 467 g/mol. The Hall–Kier alpha value is -3.85. The largest absolute Gasteiger partial charge is 0.368 e. The Morgan fingerprint density at radius 3 is 2.37 bits per heavy atom. The van der Waals surface area contributed by atoms with Gasteiger partial charge in [0.1, 0.15) is 12.4 Å². The van der Waals surface area contributed by atoms with Crippen molar-refractivity contribution in [1.29, 1.82) is 0 Å². The van der Waals surface area contributed by atoms with Crippen LogP contribution in [0.2, 0.25) is 0 Å². The molecule has 0 aliphatic carbocycles. The summed E-state index contributed by atoms with van der Waals surface area (Å²) in [4.78, 5) is 46.5. The van der Waals surface area contributed by atoms with Crippen LogP contribution in [0.5, 0.6) is 0 Å². The average molecular weight is 491 g/mol. The Balaban J connectivity index is 1.20. The number of hydrogen-bond donors (Lipinski definition) is 1. The quantitative estimate of drug-likeness (QED) is 0.543. The number of hydrogen-bond acceptors (Lipinski definition) is 5. The van der Waals surface area contributed by atoms with Crippen molar-refractivity contribution in [2.75, 3.05) is 37.6 Å². The second-order valence-electron chi connectivity index (χ2n) is 8.31. The van der Waals surface area contributed by atoms with Crippen LogP contribution in [-0.4, -0.2) is 64.6 Å². The molecule has 1 N–H and O–H groups in total. The lowest BCUT2D eigenvalue weighted by Crippen LogP contribution is -2.51. The van der Waals surface area contributed by atoms with Gasteiger partial charge in [-0.1, -0.05) is 18.2 Å². The van der Waals surface area contributed by atoms with Crippen LogP contribution in [0.25, 0.3) is 17.3 Å². The van der Waals surface area contributed by atoms with Crippen LogP contribution in [-0.2, 0) is 9.59 Å². The van der Waals surface area contributed by atoms with Crippen molar-refractivity contribution in [3.8, 4) is 11.3 Å². The minimum absolute atomic E-state index is 0.236. The summed E-state index contributed by atoms with van der Waals surface area (Å²) in [7, 11) is 0. The number of nitrogens with zero attached hydrogens (tertiary/aromatic N) is 3. The number of benzene rings is 2. The molecule has 2 aliphatic rings. The molecule has 2 saturated heterocycles. The van der Waals surface area contributed by atoms with E-state index in [0.717, 1.165) is 33.6 Å². The smallest absolute Gasteiger partial charge is 0.294 e. The number of piperazine rings is 1. The molecule has 3 heterocycles. The van der Waals surface area contributed by atoms with Gasteiger partial charge < -0.3 is 14.8 Å². The predicted octanol–water partition coefficient (Wildman–Crippen LogP) is 4.21. The van der Waals surface area contributed by atoms with Crippen molar-refractivity contribution < 1.29 is 18.8 Å². The highest BCUT2D eigenvalue weighted by molar-refractivity contribution is 8.18. The SMILES string of the molecule is O=C(CN1C(=O)S/C(=C\c2ccc(-c3ccc(F)cc3)[nH]2)C1=O)N1CCN(c2ccccc2)CC1. The van der Waals surface area contributed by atoms with Crippen LogP contribution in [0.3, 0.4) is 0 Å². The topological polar surface area (TPSA) is 76.7 Å². The fraction of sp³-hybridized carbons (Fsp3) is 0.192. The molecule has 0 atom stereocenters. The molecule has 5 rings (SSSR count).